The molecule has 0 radical (unpaired) electrons. The summed E-state index contributed by atoms with van der Waals surface area (Å²) in [5.41, 5.74) is 2.14. The first-order chi connectivity index (χ1) is 11.5. The predicted octanol–water partition coefficient (Wildman–Crippen LogP) is 3.45. The second-order valence-electron chi connectivity index (χ2n) is 6.40. The van der Waals surface area contributed by atoms with Crippen LogP contribution in [-0.2, 0) is 12.3 Å². The highest BCUT2D eigenvalue weighted by atomic mass is 127. The summed E-state index contributed by atoms with van der Waals surface area (Å²) in [6, 6.07) is 6.21. The lowest BCUT2D eigenvalue weighted by Crippen LogP contribution is -2.45. The van der Waals surface area contributed by atoms with Gasteiger partial charge in [-0.05, 0) is 56.3 Å². The van der Waals surface area contributed by atoms with Gasteiger partial charge in [0.25, 0.3) is 0 Å². The van der Waals surface area contributed by atoms with Gasteiger partial charge in [-0.3, -0.25) is 9.89 Å². The third kappa shape index (κ3) is 7.30. The molecule has 0 aliphatic heterocycles. The average Bonchev–Trinajstić information content (AvgIpc) is 3.40. The van der Waals surface area contributed by atoms with E-state index in [1.54, 1.807) is 24.9 Å². The lowest BCUT2D eigenvalue weighted by molar-refractivity contribution is 0.247. The number of aliphatic imine (C=N–C) groups is 1. The summed E-state index contributed by atoms with van der Waals surface area (Å²) in [4.78, 5) is 6.71. The number of nitrogens with one attached hydrogen (secondary N) is 2. The Labute approximate surface area is 172 Å². The first-order valence-electron chi connectivity index (χ1n) is 8.47. The number of nitrogens with zero attached hydrogens (tertiary/aromatic N) is 2. The largest absolute Gasteiger partial charge is 0.355 e. The Morgan fingerprint density at radius 3 is 2.68 bits per heavy atom. The smallest absolute Gasteiger partial charge is 0.191 e. The predicted molar refractivity (Wildman–Crippen MR) is 117 cm³/mol. The number of rotatable bonds is 8. The molecule has 1 unspecified atom stereocenters. The maximum Gasteiger partial charge on any atom is 0.191 e. The third-order valence-electron chi connectivity index (χ3n) is 4.52. The number of likely N-dealkylation sites (N-methyl/N-ethyl adjacent to an activating group) is 1. The molecular weight excluding hydrogens is 450 g/mol. The molecular formula is C18H30FIN4S. The summed E-state index contributed by atoms with van der Waals surface area (Å²) in [5, 5.41) is 6.72. The van der Waals surface area contributed by atoms with Crippen LogP contribution in [0.5, 0.6) is 0 Å². The first-order valence-corrected chi connectivity index (χ1v) is 9.87. The molecule has 7 heteroatoms. The molecule has 142 valence electrons. The zero-order valence-electron chi connectivity index (χ0n) is 15.5. The molecule has 1 aromatic carbocycles. The quantitative estimate of drug-likeness (QED) is 0.340. The van der Waals surface area contributed by atoms with Crippen molar-refractivity contribution in [3.63, 3.8) is 0 Å². The summed E-state index contributed by atoms with van der Waals surface area (Å²) in [5.74, 6) is 1.41. The maximum absolute atomic E-state index is 13.4. The Balaban J connectivity index is 0.00000312. The molecule has 0 bridgehead atoms. The van der Waals surface area contributed by atoms with Gasteiger partial charge in [0.05, 0.1) is 0 Å². The summed E-state index contributed by atoms with van der Waals surface area (Å²) in [7, 11) is 3.96. The topological polar surface area (TPSA) is 39.7 Å². The van der Waals surface area contributed by atoms with Crippen LogP contribution in [0.2, 0.25) is 0 Å². The standard InChI is InChI=1S/C18H29FN4S.HI/c1-13(23(3)17-7-8-17)10-21-18(20-2)22-11-14-5-6-16(19)9-15(14)12-24-4;/h5-6,9,13,17H,7-8,10-12H2,1-4H3,(H2,20,21,22);1H. The van der Waals surface area contributed by atoms with Crippen molar-refractivity contribution in [2.45, 2.75) is 44.1 Å². The fourth-order valence-electron chi connectivity index (χ4n) is 2.69. The van der Waals surface area contributed by atoms with E-state index in [-0.39, 0.29) is 29.8 Å². The van der Waals surface area contributed by atoms with Crippen LogP contribution >= 0.6 is 35.7 Å². The highest BCUT2D eigenvalue weighted by molar-refractivity contribution is 14.0. The Morgan fingerprint density at radius 1 is 1.36 bits per heavy atom. The minimum Gasteiger partial charge on any atom is -0.355 e. The minimum absolute atomic E-state index is 0. The van der Waals surface area contributed by atoms with Crippen molar-refractivity contribution in [1.82, 2.24) is 15.5 Å². The van der Waals surface area contributed by atoms with Crippen LogP contribution in [0.3, 0.4) is 0 Å². The number of hydrogen-bond donors (Lipinski definition) is 2. The van der Waals surface area contributed by atoms with Crippen molar-refractivity contribution in [1.29, 1.82) is 0 Å². The normalized spacial score (nSPS) is 15.7. The summed E-state index contributed by atoms with van der Waals surface area (Å²) < 4.78 is 13.4. The van der Waals surface area contributed by atoms with E-state index in [9.17, 15) is 4.39 Å². The fourth-order valence-corrected chi connectivity index (χ4v) is 3.27. The molecule has 1 fully saturated rings. The molecule has 2 rings (SSSR count). The van der Waals surface area contributed by atoms with Gasteiger partial charge in [0.1, 0.15) is 5.82 Å². The van der Waals surface area contributed by atoms with Gasteiger partial charge in [0.2, 0.25) is 0 Å². The summed E-state index contributed by atoms with van der Waals surface area (Å²) in [6.45, 7) is 3.73. The van der Waals surface area contributed by atoms with E-state index in [2.05, 4.69) is 34.5 Å². The molecule has 4 nitrogen and oxygen atoms in total. The van der Waals surface area contributed by atoms with Crippen LogP contribution in [0, 0.1) is 5.82 Å². The molecule has 0 heterocycles. The van der Waals surface area contributed by atoms with Crippen LogP contribution in [0.1, 0.15) is 30.9 Å². The first kappa shape index (κ1) is 22.5. The summed E-state index contributed by atoms with van der Waals surface area (Å²) >= 11 is 1.70. The molecule has 1 aliphatic rings. The Kier molecular flexibility index (Phi) is 10.1. The van der Waals surface area contributed by atoms with Gasteiger partial charge < -0.3 is 10.6 Å². The highest BCUT2D eigenvalue weighted by Crippen LogP contribution is 2.26. The molecule has 0 spiro atoms. The fraction of sp³-hybridized carbons (Fsp3) is 0.611. The van der Waals surface area contributed by atoms with Crippen LogP contribution in [-0.4, -0.2) is 49.8 Å². The zero-order chi connectivity index (χ0) is 17.5. The number of thioether (sulfide) groups is 1. The Hall–Kier alpha value is -0.540. The monoisotopic (exact) mass is 480 g/mol. The van der Waals surface area contributed by atoms with Crippen LogP contribution in [0.25, 0.3) is 0 Å². The average molecular weight is 480 g/mol. The molecule has 0 amide bonds. The molecule has 2 N–H and O–H groups in total. The second-order valence-corrected chi connectivity index (χ2v) is 7.26. The van der Waals surface area contributed by atoms with Gasteiger partial charge >= 0.3 is 0 Å². The molecule has 0 saturated heterocycles. The van der Waals surface area contributed by atoms with Gasteiger partial charge in [0, 0.05) is 38.0 Å². The van der Waals surface area contributed by atoms with Crippen molar-refractivity contribution in [2.75, 3.05) is 26.9 Å². The van der Waals surface area contributed by atoms with E-state index < -0.39 is 0 Å². The van der Waals surface area contributed by atoms with Crippen LogP contribution in [0.15, 0.2) is 23.2 Å². The van der Waals surface area contributed by atoms with Gasteiger partial charge in [-0.15, -0.1) is 24.0 Å². The molecule has 25 heavy (non-hydrogen) atoms. The van der Waals surface area contributed by atoms with Gasteiger partial charge in [-0.1, -0.05) is 6.07 Å². The lowest BCUT2D eigenvalue weighted by Gasteiger charge is -2.25. The lowest BCUT2D eigenvalue weighted by atomic mass is 10.1. The third-order valence-corrected chi connectivity index (χ3v) is 5.12. The molecule has 1 saturated carbocycles. The highest BCUT2D eigenvalue weighted by Gasteiger charge is 2.28. The van der Waals surface area contributed by atoms with E-state index in [0.717, 1.165) is 35.4 Å². The van der Waals surface area contributed by atoms with Crippen LogP contribution < -0.4 is 10.6 Å². The zero-order valence-corrected chi connectivity index (χ0v) is 18.7. The van der Waals surface area contributed by atoms with Crippen molar-refractivity contribution in [2.24, 2.45) is 4.99 Å². The number of halogens is 2. The number of hydrogen-bond acceptors (Lipinski definition) is 3. The van der Waals surface area contributed by atoms with Crippen molar-refractivity contribution >= 4 is 41.7 Å². The second kappa shape index (κ2) is 11.2. The number of guanidine groups is 1. The van der Waals surface area contributed by atoms with Gasteiger partial charge in [0.15, 0.2) is 5.96 Å². The molecule has 1 aromatic rings. The van der Waals surface area contributed by atoms with Gasteiger partial charge in [-0.2, -0.15) is 11.8 Å². The van der Waals surface area contributed by atoms with Gasteiger partial charge in [-0.25, -0.2) is 4.39 Å². The molecule has 1 aliphatic carbocycles. The summed E-state index contributed by atoms with van der Waals surface area (Å²) in [6.07, 6.45) is 4.66. The number of benzene rings is 1. The molecule has 0 aromatic heterocycles. The maximum atomic E-state index is 13.4. The Morgan fingerprint density at radius 2 is 2.08 bits per heavy atom. The van der Waals surface area contributed by atoms with Crippen molar-refractivity contribution in [3.8, 4) is 0 Å². The van der Waals surface area contributed by atoms with Crippen molar-refractivity contribution in [3.05, 3.63) is 35.1 Å². The van der Waals surface area contributed by atoms with E-state index >= 15 is 0 Å². The van der Waals surface area contributed by atoms with E-state index in [4.69, 9.17) is 0 Å². The molecule has 1 atom stereocenters. The Bertz CT molecular complexity index is 566. The SMILES string of the molecule is CN=C(NCc1ccc(F)cc1CSC)NCC(C)N(C)C1CC1.I. The van der Waals surface area contributed by atoms with E-state index in [1.165, 1.54) is 18.9 Å². The van der Waals surface area contributed by atoms with E-state index in [1.807, 2.05) is 12.3 Å². The van der Waals surface area contributed by atoms with E-state index in [0.29, 0.717) is 12.6 Å². The van der Waals surface area contributed by atoms with Crippen molar-refractivity contribution < 1.29 is 4.39 Å². The minimum atomic E-state index is -0.178. The van der Waals surface area contributed by atoms with Crippen LogP contribution in [0.4, 0.5) is 4.39 Å².